The van der Waals surface area contributed by atoms with Crippen LogP contribution >= 0.6 is 0 Å². The largest absolute Gasteiger partial charge is 0.492 e. The molecule has 1 N–H and O–H groups in total. The highest BCUT2D eigenvalue weighted by Crippen LogP contribution is 2.34. The molecule has 1 aliphatic heterocycles. The second-order valence-electron chi connectivity index (χ2n) is 8.29. The van der Waals surface area contributed by atoms with E-state index in [1.807, 2.05) is 36.1 Å². The van der Waals surface area contributed by atoms with Crippen LogP contribution in [-0.4, -0.2) is 40.5 Å². The summed E-state index contributed by atoms with van der Waals surface area (Å²) in [5.74, 6) is 2.19. The van der Waals surface area contributed by atoms with Crippen molar-refractivity contribution in [3.05, 3.63) is 88.5 Å². The van der Waals surface area contributed by atoms with Gasteiger partial charge < -0.3 is 14.6 Å². The molecule has 1 amide bonds. The monoisotopic (exact) mass is 413 g/mol. The van der Waals surface area contributed by atoms with Crippen molar-refractivity contribution >= 4 is 16.9 Å². The lowest BCUT2D eigenvalue weighted by Gasteiger charge is -2.24. The van der Waals surface area contributed by atoms with Crippen molar-refractivity contribution in [1.29, 1.82) is 0 Å². The molecule has 0 bridgehead atoms. The molecule has 3 aromatic rings. The molecule has 31 heavy (non-hydrogen) atoms. The van der Waals surface area contributed by atoms with Crippen molar-refractivity contribution in [3.8, 4) is 0 Å². The van der Waals surface area contributed by atoms with Gasteiger partial charge in [0.15, 0.2) is 0 Å². The van der Waals surface area contributed by atoms with Crippen LogP contribution in [0.5, 0.6) is 0 Å². The first-order chi connectivity index (χ1) is 15.1. The number of aromatic amines is 1. The van der Waals surface area contributed by atoms with Crippen LogP contribution in [0.1, 0.15) is 46.6 Å². The summed E-state index contributed by atoms with van der Waals surface area (Å²) < 4.78 is 6.02. The number of allylic oxidation sites excluding steroid dienone is 2. The van der Waals surface area contributed by atoms with Gasteiger partial charge in [0, 0.05) is 23.6 Å². The third-order valence-electron chi connectivity index (χ3n) is 6.22. The lowest BCUT2D eigenvalue weighted by atomic mass is 9.88. The Balaban J connectivity index is 1.42. The normalized spacial score (nSPS) is 18.6. The molecule has 1 fully saturated rings. The maximum atomic E-state index is 13.3. The Kier molecular flexibility index (Phi) is 5.10. The summed E-state index contributed by atoms with van der Waals surface area (Å²) in [6.07, 6.45) is 6.19. The van der Waals surface area contributed by atoms with Gasteiger partial charge in [-0.15, -0.1) is 0 Å². The summed E-state index contributed by atoms with van der Waals surface area (Å²) in [6, 6.07) is 14.3. The summed E-state index contributed by atoms with van der Waals surface area (Å²) >= 11 is 0. The highest BCUT2D eigenvalue weighted by atomic mass is 16.5. The van der Waals surface area contributed by atoms with Gasteiger partial charge in [0.25, 0.3) is 5.91 Å². The van der Waals surface area contributed by atoms with Crippen molar-refractivity contribution in [2.45, 2.75) is 32.6 Å². The number of fused-ring (bicyclic) bond motifs is 2. The Morgan fingerprint density at radius 2 is 2.13 bits per heavy atom. The maximum Gasteiger partial charge on any atom is 0.254 e. The summed E-state index contributed by atoms with van der Waals surface area (Å²) in [4.78, 5) is 23.1. The van der Waals surface area contributed by atoms with Crippen molar-refractivity contribution in [2.24, 2.45) is 0 Å². The van der Waals surface area contributed by atoms with Crippen LogP contribution in [-0.2, 0) is 11.2 Å². The number of amides is 1. The number of carbonyl (C=O) groups is 1. The van der Waals surface area contributed by atoms with Gasteiger partial charge in [-0.05, 0) is 55.2 Å². The minimum atomic E-state index is 0.0830. The fraction of sp³-hybridized carbons (Fsp3) is 0.308. The Bertz CT molecular complexity index is 1200. The maximum absolute atomic E-state index is 13.3. The van der Waals surface area contributed by atoms with E-state index in [2.05, 4.69) is 47.2 Å². The number of aromatic nitrogens is 2. The van der Waals surface area contributed by atoms with E-state index in [-0.39, 0.29) is 11.8 Å². The smallest absolute Gasteiger partial charge is 0.254 e. The first-order valence-electron chi connectivity index (χ1n) is 11.0. The zero-order valence-corrected chi connectivity index (χ0v) is 18.0. The van der Waals surface area contributed by atoms with Crippen LogP contribution in [0, 0.1) is 6.92 Å². The number of nitrogens with zero attached hydrogens (tertiary/aromatic N) is 2. The van der Waals surface area contributed by atoms with Crippen LogP contribution in [0.25, 0.3) is 11.0 Å². The van der Waals surface area contributed by atoms with Gasteiger partial charge in [0.05, 0.1) is 17.6 Å². The quantitative estimate of drug-likeness (QED) is 0.664. The molecule has 2 heterocycles. The van der Waals surface area contributed by atoms with Gasteiger partial charge in [0.2, 0.25) is 0 Å². The minimum absolute atomic E-state index is 0.0830. The van der Waals surface area contributed by atoms with E-state index in [1.165, 1.54) is 5.56 Å². The predicted molar refractivity (Wildman–Crippen MR) is 122 cm³/mol. The topological polar surface area (TPSA) is 58.2 Å². The third-order valence-corrected chi connectivity index (χ3v) is 6.22. The Morgan fingerprint density at radius 1 is 1.26 bits per heavy atom. The molecule has 0 saturated carbocycles. The molecular formula is C26H27N3O2. The number of hydrogen-bond acceptors (Lipinski definition) is 3. The molecule has 1 atom stereocenters. The lowest BCUT2D eigenvalue weighted by molar-refractivity contribution is 0.0751. The molecule has 1 aliphatic carbocycles. The average molecular weight is 414 g/mol. The fourth-order valence-corrected chi connectivity index (χ4v) is 4.59. The molecule has 1 unspecified atom stereocenters. The number of rotatable bonds is 3. The van der Waals surface area contributed by atoms with E-state index in [4.69, 9.17) is 4.74 Å². The van der Waals surface area contributed by atoms with Crippen molar-refractivity contribution < 1.29 is 9.53 Å². The molecule has 2 aromatic carbocycles. The average Bonchev–Trinajstić information content (AvgIpc) is 3.04. The highest BCUT2D eigenvalue weighted by molar-refractivity contribution is 5.96. The van der Waals surface area contributed by atoms with Gasteiger partial charge in [-0.25, -0.2) is 4.98 Å². The highest BCUT2D eigenvalue weighted by Gasteiger charge is 2.27. The fourth-order valence-electron chi connectivity index (χ4n) is 4.59. The summed E-state index contributed by atoms with van der Waals surface area (Å²) in [5.41, 5.74) is 6.28. The molecule has 5 heteroatoms. The standard InChI is InChI=1S/C26H27N3O2/c1-3-18-6-4-5-7-22(18)26(30)29-12-13-31-25-11-9-19(14-21(25)16-29)20-8-10-23-24(15-20)28-17(2)27-23/h4-8,10-11,14-15,19H,3,9,12-13,16H2,1-2H3,(H,27,28). The third kappa shape index (κ3) is 3.76. The van der Waals surface area contributed by atoms with E-state index in [0.29, 0.717) is 19.7 Å². The second kappa shape index (κ2) is 8.06. The molecule has 158 valence electrons. The van der Waals surface area contributed by atoms with E-state index in [1.54, 1.807) is 0 Å². The molecule has 1 aromatic heterocycles. The van der Waals surface area contributed by atoms with Crippen molar-refractivity contribution in [2.75, 3.05) is 19.7 Å². The zero-order valence-electron chi connectivity index (χ0n) is 18.0. The molecule has 5 nitrogen and oxygen atoms in total. The van der Waals surface area contributed by atoms with Crippen LogP contribution in [0.15, 0.2) is 65.9 Å². The summed E-state index contributed by atoms with van der Waals surface area (Å²) in [6.45, 7) is 5.75. The molecular weight excluding hydrogens is 386 g/mol. The number of H-pyrrole nitrogens is 1. The van der Waals surface area contributed by atoms with E-state index in [0.717, 1.165) is 52.2 Å². The van der Waals surface area contributed by atoms with Crippen LogP contribution in [0.4, 0.5) is 0 Å². The van der Waals surface area contributed by atoms with Crippen molar-refractivity contribution in [3.63, 3.8) is 0 Å². The van der Waals surface area contributed by atoms with E-state index < -0.39 is 0 Å². The Morgan fingerprint density at radius 3 is 3.00 bits per heavy atom. The molecule has 2 aliphatic rings. The summed E-state index contributed by atoms with van der Waals surface area (Å²) in [5, 5.41) is 0. The number of nitrogens with one attached hydrogen (secondary N) is 1. The number of ether oxygens (including phenoxy) is 1. The van der Waals surface area contributed by atoms with Gasteiger partial charge >= 0.3 is 0 Å². The lowest BCUT2D eigenvalue weighted by Crippen LogP contribution is -2.34. The van der Waals surface area contributed by atoms with Crippen LogP contribution < -0.4 is 0 Å². The second-order valence-corrected chi connectivity index (χ2v) is 8.29. The predicted octanol–water partition coefficient (Wildman–Crippen LogP) is 4.90. The molecule has 0 spiro atoms. The number of hydrogen-bond donors (Lipinski definition) is 1. The van der Waals surface area contributed by atoms with Gasteiger partial charge in [-0.3, -0.25) is 4.79 Å². The van der Waals surface area contributed by atoms with Gasteiger partial charge in [-0.2, -0.15) is 0 Å². The zero-order chi connectivity index (χ0) is 21.4. The number of benzene rings is 2. The first kappa shape index (κ1) is 19.6. The Hall–Kier alpha value is -3.34. The Labute approximate surface area is 182 Å². The first-order valence-corrected chi connectivity index (χ1v) is 11.0. The molecule has 1 saturated heterocycles. The van der Waals surface area contributed by atoms with Gasteiger partial charge in [0.1, 0.15) is 18.2 Å². The molecule has 0 radical (unpaired) electrons. The number of imidazole rings is 1. The summed E-state index contributed by atoms with van der Waals surface area (Å²) in [7, 11) is 0. The number of carbonyl (C=O) groups excluding carboxylic acids is 1. The molecule has 5 rings (SSSR count). The van der Waals surface area contributed by atoms with E-state index >= 15 is 0 Å². The minimum Gasteiger partial charge on any atom is -0.492 e. The van der Waals surface area contributed by atoms with E-state index in [9.17, 15) is 4.79 Å². The van der Waals surface area contributed by atoms with Gasteiger partial charge in [-0.1, -0.05) is 37.3 Å². The van der Waals surface area contributed by atoms with Crippen LogP contribution in [0.2, 0.25) is 0 Å². The SMILES string of the molecule is CCc1ccccc1C(=O)N1CCOC2=CCC(c3ccc4nc(C)[nH]c4c3)C=C2C1. The van der Waals surface area contributed by atoms with Crippen molar-refractivity contribution in [1.82, 2.24) is 14.9 Å². The number of aryl methyl sites for hydroxylation is 2. The van der Waals surface area contributed by atoms with Crippen LogP contribution in [0.3, 0.4) is 0 Å².